The van der Waals surface area contributed by atoms with Crippen LogP contribution in [0, 0.1) is 5.92 Å². The fourth-order valence-corrected chi connectivity index (χ4v) is 2.01. The number of unbranched alkanes of at least 4 members (excludes halogenated alkanes) is 4. The van der Waals surface area contributed by atoms with Gasteiger partial charge < -0.3 is 16.4 Å². The minimum Gasteiger partial charge on any atom is -0.329 e. The first-order valence-electron chi connectivity index (χ1n) is 7.89. The van der Waals surface area contributed by atoms with Crippen LogP contribution in [0.4, 0.5) is 0 Å². The molecule has 0 atom stereocenters. The van der Waals surface area contributed by atoms with E-state index in [-0.39, 0.29) is 0 Å². The second kappa shape index (κ2) is 14.9. The monoisotopic (exact) mass is 257 g/mol. The molecule has 110 valence electrons. The molecular weight excluding hydrogens is 222 g/mol. The van der Waals surface area contributed by atoms with Gasteiger partial charge in [0, 0.05) is 13.1 Å². The van der Waals surface area contributed by atoms with Gasteiger partial charge in [0.2, 0.25) is 0 Å². The van der Waals surface area contributed by atoms with Crippen molar-refractivity contribution in [3.05, 3.63) is 0 Å². The highest BCUT2D eigenvalue weighted by molar-refractivity contribution is 4.53. The van der Waals surface area contributed by atoms with Crippen LogP contribution < -0.4 is 16.4 Å². The van der Waals surface area contributed by atoms with Gasteiger partial charge in [-0.1, -0.05) is 39.5 Å². The molecule has 0 saturated carbocycles. The summed E-state index contributed by atoms with van der Waals surface area (Å²) in [5.41, 5.74) is 5.40. The Kier molecular flexibility index (Phi) is 14.8. The Labute approximate surface area is 114 Å². The first-order chi connectivity index (χ1) is 8.77. The largest absolute Gasteiger partial charge is 0.329 e. The van der Waals surface area contributed by atoms with Crippen LogP contribution in [0.25, 0.3) is 0 Å². The van der Waals surface area contributed by atoms with Crippen LogP contribution in [0.2, 0.25) is 0 Å². The fraction of sp³-hybridized carbons (Fsp3) is 1.00. The van der Waals surface area contributed by atoms with Gasteiger partial charge >= 0.3 is 0 Å². The second-order valence-electron chi connectivity index (χ2n) is 5.59. The Bertz CT molecular complexity index is 149. The normalized spacial score (nSPS) is 11.3. The van der Waals surface area contributed by atoms with Crippen LogP contribution in [-0.2, 0) is 0 Å². The van der Waals surface area contributed by atoms with Crippen LogP contribution in [0.3, 0.4) is 0 Å². The molecule has 18 heavy (non-hydrogen) atoms. The molecule has 0 aromatic rings. The summed E-state index contributed by atoms with van der Waals surface area (Å²) >= 11 is 0. The molecule has 3 nitrogen and oxygen atoms in total. The maximum atomic E-state index is 5.40. The van der Waals surface area contributed by atoms with E-state index in [0.717, 1.165) is 25.6 Å². The molecule has 3 heteroatoms. The Morgan fingerprint density at radius 3 is 1.72 bits per heavy atom. The SMILES string of the molecule is CC(C)CCCCCNCCCCCNCCN. The van der Waals surface area contributed by atoms with E-state index < -0.39 is 0 Å². The Hall–Kier alpha value is -0.120. The topological polar surface area (TPSA) is 50.1 Å². The van der Waals surface area contributed by atoms with E-state index in [1.54, 1.807) is 0 Å². The Morgan fingerprint density at radius 1 is 0.722 bits per heavy atom. The maximum Gasteiger partial charge on any atom is 0.00745 e. The average molecular weight is 257 g/mol. The van der Waals surface area contributed by atoms with Gasteiger partial charge in [-0.25, -0.2) is 0 Å². The highest BCUT2D eigenvalue weighted by Crippen LogP contribution is 2.07. The van der Waals surface area contributed by atoms with Gasteiger partial charge in [0.1, 0.15) is 0 Å². The molecule has 0 fully saturated rings. The zero-order chi connectivity index (χ0) is 13.5. The molecule has 0 aromatic heterocycles. The van der Waals surface area contributed by atoms with Crippen molar-refractivity contribution in [3.63, 3.8) is 0 Å². The summed E-state index contributed by atoms with van der Waals surface area (Å²) in [6.45, 7) is 9.81. The summed E-state index contributed by atoms with van der Waals surface area (Å²) in [6.07, 6.45) is 9.39. The number of nitrogens with two attached hydrogens (primary N) is 1. The van der Waals surface area contributed by atoms with E-state index in [0.29, 0.717) is 0 Å². The lowest BCUT2D eigenvalue weighted by molar-refractivity contribution is 0.510. The predicted octanol–water partition coefficient (Wildman–Crippen LogP) is 2.51. The van der Waals surface area contributed by atoms with Crippen LogP contribution in [0.1, 0.15) is 58.8 Å². The Balaban J connectivity index is 2.90. The minimum absolute atomic E-state index is 0.748. The van der Waals surface area contributed by atoms with Gasteiger partial charge in [0.05, 0.1) is 0 Å². The predicted molar refractivity (Wildman–Crippen MR) is 82.0 cm³/mol. The molecule has 0 aromatic carbocycles. The first-order valence-corrected chi connectivity index (χ1v) is 7.89. The van der Waals surface area contributed by atoms with Gasteiger partial charge in [-0.15, -0.1) is 0 Å². The molecule has 0 saturated heterocycles. The molecule has 0 aliphatic rings. The van der Waals surface area contributed by atoms with E-state index in [4.69, 9.17) is 5.73 Å². The average Bonchev–Trinajstić information content (AvgIpc) is 2.34. The summed E-state index contributed by atoms with van der Waals surface area (Å²) in [7, 11) is 0. The third-order valence-corrected chi connectivity index (χ3v) is 3.16. The first kappa shape index (κ1) is 17.9. The van der Waals surface area contributed by atoms with E-state index in [9.17, 15) is 0 Å². The van der Waals surface area contributed by atoms with Crippen LogP contribution >= 0.6 is 0 Å². The summed E-state index contributed by atoms with van der Waals surface area (Å²) in [5.74, 6) is 0.867. The van der Waals surface area contributed by atoms with Crippen molar-refractivity contribution in [3.8, 4) is 0 Å². The lowest BCUT2D eigenvalue weighted by Crippen LogP contribution is -2.23. The highest BCUT2D eigenvalue weighted by Gasteiger charge is 1.94. The molecule has 0 rings (SSSR count). The lowest BCUT2D eigenvalue weighted by Gasteiger charge is -2.06. The highest BCUT2D eigenvalue weighted by atomic mass is 14.9. The van der Waals surface area contributed by atoms with Gasteiger partial charge in [-0.2, -0.15) is 0 Å². The second-order valence-corrected chi connectivity index (χ2v) is 5.59. The molecule has 0 aliphatic heterocycles. The molecule has 0 radical (unpaired) electrons. The quantitative estimate of drug-likeness (QED) is 0.419. The molecule has 0 aliphatic carbocycles. The van der Waals surface area contributed by atoms with Crippen LogP contribution in [-0.4, -0.2) is 32.7 Å². The smallest absolute Gasteiger partial charge is 0.00745 e. The standard InChI is InChI=1S/C15H35N3/c1-15(2)9-5-3-6-11-17-12-7-4-8-13-18-14-10-16/h15,17-18H,3-14,16H2,1-2H3. The fourth-order valence-electron chi connectivity index (χ4n) is 2.01. The molecule has 0 amide bonds. The third kappa shape index (κ3) is 15.9. The molecule has 0 bridgehead atoms. The maximum absolute atomic E-state index is 5.40. The number of nitrogens with one attached hydrogen (secondary N) is 2. The lowest BCUT2D eigenvalue weighted by atomic mass is 10.1. The van der Waals surface area contributed by atoms with E-state index in [1.807, 2.05) is 0 Å². The number of hydrogen-bond donors (Lipinski definition) is 3. The van der Waals surface area contributed by atoms with E-state index in [1.165, 1.54) is 58.0 Å². The zero-order valence-electron chi connectivity index (χ0n) is 12.6. The van der Waals surface area contributed by atoms with Crippen LogP contribution in [0.5, 0.6) is 0 Å². The van der Waals surface area contributed by atoms with Crippen molar-refractivity contribution in [2.75, 3.05) is 32.7 Å². The van der Waals surface area contributed by atoms with Gasteiger partial charge in [-0.05, 0) is 44.8 Å². The van der Waals surface area contributed by atoms with Crippen molar-refractivity contribution in [1.82, 2.24) is 10.6 Å². The zero-order valence-corrected chi connectivity index (χ0v) is 12.6. The van der Waals surface area contributed by atoms with Gasteiger partial charge in [0.25, 0.3) is 0 Å². The third-order valence-electron chi connectivity index (χ3n) is 3.16. The van der Waals surface area contributed by atoms with Gasteiger partial charge in [0.15, 0.2) is 0 Å². The van der Waals surface area contributed by atoms with Crippen molar-refractivity contribution in [2.45, 2.75) is 58.8 Å². The summed E-state index contributed by atoms with van der Waals surface area (Å²) in [5, 5.41) is 6.86. The summed E-state index contributed by atoms with van der Waals surface area (Å²) in [6, 6.07) is 0. The van der Waals surface area contributed by atoms with Gasteiger partial charge in [-0.3, -0.25) is 0 Å². The summed E-state index contributed by atoms with van der Waals surface area (Å²) < 4.78 is 0. The molecule has 0 spiro atoms. The van der Waals surface area contributed by atoms with Crippen molar-refractivity contribution in [2.24, 2.45) is 11.7 Å². The van der Waals surface area contributed by atoms with E-state index in [2.05, 4.69) is 24.5 Å². The minimum atomic E-state index is 0.748. The molecule has 0 unspecified atom stereocenters. The number of hydrogen-bond acceptors (Lipinski definition) is 3. The molecule has 4 N–H and O–H groups in total. The van der Waals surface area contributed by atoms with Crippen molar-refractivity contribution >= 4 is 0 Å². The molecule has 0 heterocycles. The van der Waals surface area contributed by atoms with Crippen molar-refractivity contribution < 1.29 is 0 Å². The summed E-state index contributed by atoms with van der Waals surface area (Å²) in [4.78, 5) is 0. The Morgan fingerprint density at radius 2 is 1.22 bits per heavy atom. The van der Waals surface area contributed by atoms with Crippen molar-refractivity contribution in [1.29, 1.82) is 0 Å². The van der Waals surface area contributed by atoms with E-state index >= 15 is 0 Å². The number of rotatable bonds is 14. The van der Waals surface area contributed by atoms with Crippen LogP contribution in [0.15, 0.2) is 0 Å². The molecular formula is C15H35N3.